The molecule has 1 aromatic carbocycles. The summed E-state index contributed by atoms with van der Waals surface area (Å²) in [5, 5.41) is 4.63. The number of hydrogen-bond donors (Lipinski definition) is 1. The number of anilines is 1. The average Bonchev–Trinajstić information content (AvgIpc) is 3.05. The molecule has 16 heavy (non-hydrogen) atoms. The molecule has 0 aliphatic heterocycles. The molecule has 2 aromatic rings. The molecule has 0 atom stereocenters. The van der Waals surface area contributed by atoms with Crippen LogP contribution in [0, 0.1) is 5.41 Å². The van der Waals surface area contributed by atoms with Gasteiger partial charge in [-0.1, -0.05) is 25.1 Å². The van der Waals surface area contributed by atoms with Crippen LogP contribution in [0.3, 0.4) is 0 Å². The first-order valence-electron chi connectivity index (χ1n) is 5.85. The minimum atomic E-state index is 0.521. The lowest BCUT2D eigenvalue weighted by atomic mass is 10.1. The van der Waals surface area contributed by atoms with Crippen LogP contribution in [-0.2, 0) is 0 Å². The first-order chi connectivity index (χ1) is 7.75. The highest BCUT2D eigenvalue weighted by Gasteiger charge is 2.36. The predicted octanol–water partition coefficient (Wildman–Crippen LogP) is 3.45. The van der Waals surface area contributed by atoms with Gasteiger partial charge in [0, 0.05) is 11.9 Å². The maximum Gasteiger partial charge on any atom is 0.126 e. The topological polar surface area (TPSA) is 24.9 Å². The lowest BCUT2D eigenvalue weighted by molar-refractivity contribution is 0.609. The summed E-state index contributed by atoms with van der Waals surface area (Å²) in [6.07, 6.45) is 2.68. The van der Waals surface area contributed by atoms with Gasteiger partial charge in [0.1, 0.15) is 5.82 Å². The van der Waals surface area contributed by atoms with Crippen molar-refractivity contribution in [3.63, 3.8) is 0 Å². The van der Waals surface area contributed by atoms with Crippen LogP contribution in [0.2, 0.25) is 0 Å². The standard InChI is InChI=1S/C14H16N2/c1-14(8-9-14)10-15-13-7-6-11-4-2-3-5-12(11)16-13/h2-7H,8-10H2,1H3,(H,15,16). The Morgan fingerprint density at radius 3 is 2.81 bits per heavy atom. The smallest absolute Gasteiger partial charge is 0.126 e. The van der Waals surface area contributed by atoms with E-state index in [2.05, 4.69) is 41.5 Å². The average molecular weight is 212 g/mol. The highest BCUT2D eigenvalue weighted by Crippen LogP contribution is 2.44. The molecule has 1 aliphatic carbocycles. The van der Waals surface area contributed by atoms with Crippen LogP contribution in [0.25, 0.3) is 10.9 Å². The third kappa shape index (κ3) is 1.87. The van der Waals surface area contributed by atoms with Gasteiger partial charge in [0.15, 0.2) is 0 Å². The third-order valence-corrected chi connectivity index (χ3v) is 3.40. The first-order valence-corrected chi connectivity index (χ1v) is 5.85. The first kappa shape index (κ1) is 9.64. The Hall–Kier alpha value is -1.57. The van der Waals surface area contributed by atoms with Gasteiger partial charge in [0.05, 0.1) is 5.52 Å². The van der Waals surface area contributed by atoms with Crippen LogP contribution in [0.5, 0.6) is 0 Å². The van der Waals surface area contributed by atoms with Gasteiger partial charge >= 0.3 is 0 Å². The SMILES string of the molecule is CC1(CNc2ccc3ccccc3n2)CC1. The van der Waals surface area contributed by atoms with Crippen molar-refractivity contribution in [2.24, 2.45) is 5.41 Å². The van der Waals surface area contributed by atoms with Gasteiger partial charge in [-0.25, -0.2) is 4.98 Å². The fourth-order valence-corrected chi connectivity index (χ4v) is 1.86. The van der Waals surface area contributed by atoms with Gasteiger partial charge in [-0.05, 0) is 36.5 Å². The molecular formula is C14H16N2. The normalized spacial score (nSPS) is 17.3. The summed E-state index contributed by atoms with van der Waals surface area (Å²) in [5.74, 6) is 0.992. The summed E-state index contributed by atoms with van der Waals surface area (Å²) in [5.41, 5.74) is 1.58. The molecule has 1 heterocycles. The summed E-state index contributed by atoms with van der Waals surface area (Å²) >= 11 is 0. The molecule has 0 unspecified atom stereocenters. The second kappa shape index (κ2) is 3.48. The van der Waals surface area contributed by atoms with Crippen molar-refractivity contribution in [2.75, 3.05) is 11.9 Å². The van der Waals surface area contributed by atoms with Crippen molar-refractivity contribution in [1.82, 2.24) is 4.98 Å². The third-order valence-electron chi connectivity index (χ3n) is 3.40. The van der Waals surface area contributed by atoms with Gasteiger partial charge in [-0.2, -0.15) is 0 Å². The molecular weight excluding hydrogens is 196 g/mol. The summed E-state index contributed by atoms with van der Waals surface area (Å²) < 4.78 is 0. The number of nitrogens with one attached hydrogen (secondary N) is 1. The fraction of sp³-hybridized carbons (Fsp3) is 0.357. The van der Waals surface area contributed by atoms with Crippen LogP contribution >= 0.6 is 0 Å². The largest absolute Gasteiger partial charge is 0.370 e. The molecule has 1 N–H and O–H groups in total. The zero-order valence-corrected chi connectivity index (χ0v) is 9.53. The van der Waals surface area contributed by atoms with Gasteiger partial charge < -0.3 is 5.32 Å². The quantitative estimate of drug-likeness (QED) is 0.843. The van der Waals surface area contributed by atoms with Crippen LogP contribution in [0.15, 0.2) is 36.4 Å². The second-order valence-corrected chi connectivity index (χ2v) is 5.05. The highest BCUT2D eigenvalue weighted by atomic mass is 15.0. The molecule has 0 amide bonds. The molecule has 1 saturated carbocycles. The van der Waals surface area contributed by atoms with E-state index in [1.807, 2.05) is 12.1 Å². The van der Waals surface area contributed by atoms with E-state index in [9.17, 15) is 0 Å². The summed E-state index contributed by atoms with van der Waals surface area (Å²) in [6.45, 7) is 3.36. The molecule has 2 nitrogen and oxygen atoms in total. The van der Waals surface area contributed by atoms with Crippen LogP contribution in [0.1, 0.15) is 19.8 Å². The highest BCUT2D eigenvalue weighted by molar-refractivity contribution is 5.80. The van der Waals surface area contributed by atoms with Crippen molar-refractivity contribution < 1.29 is 0 Å². The van der Waals surface area contributed by atoms with E-state index < -0.39 is 0 Å². The van der Waals surface area contributed by atoms with Crippen molar-refractivity contribution in [2.45, 2.75) is 19.8 Å². The Kier molecular flexibility index (Phi) is 2.10. The van der Waals surface area contributed by atoms with Gasteiger partial charge in [0.2, 0.25) is 0 Å². The lowest BCUT2D eigenvalue weighted by Crippen LogP contribution is -2.12. The molecule has 2 heteroatoms. The Labute approximate surface area is 95.7 Å². The van der Waals surface area contributed by atoms with E-state index in [4.69, 9.17) is 0 Å². The number of nitrogens with zero attached hydrogens (tertiary/aromatic N) is 1. The number of para-hydroxylation sites is 1. The Morgan fingerprint density at radius 2 is 2.00 bits per heavy atom. The molecule has 1 aromatic heterocycles. The van der Waals surface area contributed by atoms with Crippen LogP contribution in [0.4, 0.5) is 5.82 Å². The summed E-state index contributed by atoms with van der Waals surface area (Å²) in [6, 6.07) is 12.4. The number of fused-ring (bicyclic) bond motifs is 1. The van der Waals surface area contributed by atoms with E-state index in [1.54, 1.807) is 0 Å². The fourth-order valence-electron chi connectivity index (χ4n) is 1.86. The van der Waals surface area contributed by atoms with Crippen molar-refractivity contribution >= 4 is 16.7 Å². The van der Waals surface area contributed by atoms with E-state index in [1.165, 1.54) is 18.2 Å². The molecule has 1 aliphatic rings. The van der Waals surface area contributed by atoms with Crippen LogP contribution < -0.4 is 5.32 Å². The number of aromatic nitrogens is 1. The Bertz CT molecular complexity index is 515. The number of hydrogen-bond acceptors (Lipinski definition) is 2. The van der Waals surface area contributed by atoms with E-state index in [0.717, 1.165) is 17.9 Å². The number of pyridine rings is 1. The van der Waals surface area contributed by atoms with Crippen LogP contribution in [-0.4, -0.2) is 11.5 Å². The van der Waals surface area contributed by atoms with E-state index >= 15 is 0 Å². The molecule has 82 valence electrons. The molecule has 3 rings (SSSR count). The number of rotatable bonds is 3. The van der Waals surface area contributed by atoms with Gasteiger partial charge in [-0.3, -0.25) is 0 Å². The Morgan fingerprint density at radius 1 is 1.19 bits per heavy atom. The second-order valence-electron chi connectivity index (χ2n) is 5.05. The van der Waals surface area contributed by atoms with E-state index in [-0.39, 0.29) is 0 Å². The summed E-state index contributed by atoms with van der Waals surface area (Å²) in [4.78, 5) is 4.59. The minimum absolute atomic E-state index is 0.521. The van der Waals surface area contributed by atoms with Gasteiger partial charge in [-0.15, -0.1) is 0 Å². The minimum Gasteiger partial charge on any atom is -0.370 e. The maximum absolute atomic E-state index is 4.59. The zero-order valence-electron chi connectivity index (χ0n) is 9.53. The molecule has 0 radical (unpaired) electrons. The maximum atomic E-state index is 4.59. The molecule has 0 spiro atoms. The van der Waals surface area contributed by atoms with Crippen molar-refractivity contribution in [1.29, 1.82) is 0 Å². The molecule has 0 bridgehead atoms. The van der Waals surface area contributed by atoms with E-state index in [0.29, 0.717) is 5.41 Å². The lowest BCUT2D eigenvalue weighted by Gasteiger charge is -2.10. The molecule has 1 fully saturated rings. The monoisotopic (exact) mass is 212 g/mol. The van der Waals surface area contributed by atoms with Gasteiger partial charge in [0.25, 0.3) is 0 Å². The predicted molar refractivity (Wildman–Crippen MR) is 67.6 cm³/mol. The Balaban J connectivity index is 1.81. The van der Waals surface area contributed by atoms with Crippen molar-refractivity contribution in [3.05, 3.63) is 36.4 Å². The zero-order chi connectivity index (χ0) is 11.0. The number of benzene rings is 1. The summed E-state index contributed by atoms with van der Waals surface area (Å²) in [7, 11) is 0. The van der Waals surface area contributed by atoms with Crippen molar-refractivity contribution in [3.8, 4) is 0 Å². The molecule has 0 saturated heterocycles.